The maximum absolute atomic E-state index is 12.9. The number of likely N-dealkylation sites (tertiary alicyclic amines) is 1. The van der Waals surface area contributed by atoms with Gasteiger partial charge in [0.1, 0.15) is 5.82 Å². The normalized spacial score (nSPS) is 17.5. The number of anilines is 1. The molecule has 1 saturated heterocycles. The fraction of sp³-hybridized carbons (Fsp3) is 0.500. The fourth-order valence-electron chi connectivity index (χ4n) is 4.75. The lowest BCUT2D eigenvalue weighted by molar-refractivity contribution is -0.129. The lowest BCUT2D eigenvalue weighted by atomic mass is 10.0. The van der Waals surface area contributed by atoms with E-state index in [4.69, 9.17) is 0 Å². The summed E-state index contributed by atoms with van der Waals surface area (Å²) in [5.41, 5.74) is 3.39. The van der Waals surface area contributed by atoms with Crippen LogP contribution in [-0.2, 0) is 17.9 Å². The highest BCUT2D eigenvalue weighted by atomic mass is 16.2. The predicted molar refractivity (Wildman–Crippen MR) is 133 cm³/mol. The Morgan fingerprint density at radius 1 is 1.12 bits per heavy atom. The number of piperidine rings is 1. The summed E-state index contributed by atoms with van der Waals surface area (Å²) in [4.78, 5) is 35.3. The van der Waals surface area contributed by atoms with Gasteiger partial charge in [-0.3, -0.25) is 14.5 Å². The van der Waals surface area contributed by atoms with Crippen LogP contribution in [0.4, 0.5) is 5.82 Å². The van der Waals surface area contributed by atoms with Crippen LogP contribution in [0.3, 0.4) is 0 Å². The Balaban J connectivity index is 1.28. The van der Waals surface area contributed by atoms with Gasteiger partial charge in [0.2, 0.25) is 5.91 Å². The molecular formula is C26H36N6O2. The molecule has 0 unspecified atom stereocenters. The Kier molecular flexibility index (Phi) is 7.80. The smallest absolute Gasteiger partial charge is 0.251 e. The van der Waals surface area contributed by atoms with Crippen molar-refractivity contribution in [3.05, 3.63) is 59.3 Å². The van der Waals surface area contributed by atoms with E-state index in [0.29, 0.717) is 17.9 Å². The number of nitrogens with one attached hydrogen (secondary N) is 2. The first-order valence-electron chi connectivity index (χ1n) is 12.1. The van der Waals surface area contributed by atoms with Crippen molar-refractivity contribution in [1.29, 1.82) is 0 Å². The van der Waals surface area contributed by atoms with Gasteiger partial charge >= 0.3 is 0 Å². The van der Waals surface area contributed by atoms with Gasteiger partial charge < -0.3 is 20.4 Å². The minimum atomic E-state index is -0.0894. The number of hydrogen-bond donors (Lipinski definition) is 2. The molecule has 1 atom stereocenters. The molecule has 0 saturated carbocycles. The average Bonchev–Trinajstić information content (AvgIpc) is 3.24. The fourth-order valence-corrected chi connectivity index (χ4v) is 4.75. The summed E-state index contributed by atoms with van der Waals surface area (Å²) in [5, 5.41) is 6.55. The van der Waals surface area contributed by atoms with E-state index in [1.807, 2.05) is 11.0 Å². The number of fused-ring (bicyclic) bond motifs is 1. The first kappa shape index (κ1) is 24.2. The molecule has 2 N–H and O–H groups in total. The molecular weight excluding hydrogens is 428 g/mol. The van der Waals surface area contributed by atoms with Gasteiger partial charge in [0.15, 0.2) is 0 Å². The molecule has 0 aliphatic carbocycles. The summed E-state index contributed by atoms with van der Waals surface area (Å²) >= 11 is 0. The third-order valence-electron chi connectivity index (χ3n) is 6.92. The number of rotatable bonds is 8. The monoisotopic (exact) mass is 464 g/mol. The van der Waals surface area contributed by atoms with Gasteiger partial charge in [-0.15, -0.1) is 0 Å². The molecule has 1 fully saturated rings. The molecule has 1 aromatic heterocycles. The number of hydrogen-bond acceptors (Lipinski definition) is 6. The van der Waals surface area contributed by atoms with Gasteiger partial charge in [0.05, 0.1) is 0 Å². The van der Waals surface area contributed by atoms with Crippen molar-refractivity contribution in [3.63, 3.8) is 0 Å². The van der Waals surface area contributed by atoms with Crippen LogP contribution in [0, 0.1) is 0 Å². The van der Waals surface area contributed by atoms with E-state index in [-0.39, 0.29) is 23.9 Å². The quantitative estimate of drug-likeness (QED) is 0.623. The zero-order chi connectivity index (χ0) is 24.1. The van der Waals surface area contributed by atoms with Gasteiger partial charge in [0, 0.05) is 70.0 Å². The minimum absolute atomic E-state index is 0.0894. The number of likely N-dealkylation sites (N-methyl/N-ethyl adjacent to an activating group) is 1. The second-order valence-electron chi connectivity index (χ2n) is 9.62. The van der Waals surface area contributed by atoms with Crippen LogP contribution >= 0.6 is 0 Å². The Morgan fingerprint density at radius 3 is 2.41 bits per heavy atom. The first-order chi connectivity index (χ1) is 16.4. The van der Waals surface area contributed by atoms with Crippen LogP contribution in [0.15, 0.2) is 42.6 Å². The number of benzene rings is 1. The van der Waals surface area contributed by atoms with E-state index in [0.717, 1.165) is 45.6 Å². The van der Waals surface area contributed by atoms with E-state index in [1.54, 1.807) is 19.2 Å². The van der Waals surface area contributed by atoms with Crippen molar-refractivity contribution in [1.82, 2.24) is 25.0 Å². The van der Waals surface area contributed by atoms with E-state index in [1.165, 1.54) is 11.1 Å². The molecule has 34 heavy (non-hydrogen) atoms. The summed E-state index contributed by atoms with van der Waals surface area (Å²) in [5.74, 6) is 0.738. The van der Waals surface area contributed by atoms with E-state index >= 15 is 0 Å². The third-order valence-corrected chi connectivity index (χ3v) is 6.92. The van der Waals surface area contributed by atoms with Crippen LogP contribution < -0.4 is 10.6 Å². The van der Waals surface area contributed by atoms with Crippen LogP contribution in [0.25, 0.3) is 0 Å². The molecule has 0 bridgehead atoms. The summed E-state index contributed by atoms with van der Waals surface area (Å²) in [6.07, 6.45) is 3.43. The summed E-state index contributed by atoms with van der Waals surface area (Å²) in [6.45, 7) is 6.50. The number of aromatic nitrogens is 1. The first-order valence-corrected chi connectivity index (χ1v) is 12.1. The van der Waals surface area contributed by atoms with Crippen molar-refractivity contribution in [2.24, 2.45) is 0 Å². The number of carbonyl (C=O) groups is 2. The molecule has 0 radical (unpaired) electrons. The summed E-state index contributed by atoms with van der Waals surface area (Å²) in [7, 11) is 4.12. The average molecular weight is 465 g/mol. The predicted octanol–water partition coefficient (Wildman–Crippen LogP) is 2.18. The molecule has 2 amide bonds. The molecule has 2 aliphatic heterocycles. The Hall–Kier alpha value is -2.97. The minimum Gasteiger partial charge on any atom is -0.367 e. The van der Waals surface area contributed by atoms with Gasteiger partial charge in [0.25, 0.3) is 5.91 Å². The van der Waals surface area contributed by atoms with Crippen LogP contribution in [-0.4, -0.2) is 83.9 Å². The largest absolute Gasteiger partial charge is 0.367 e. The van der Waals surface area contributed by atoms with Crippen LogP contribution in [0.1, 0.15) is 41.3 Å². The zero-order valence-corrected chi connectivity index (χ0v) is 20.5. The molecule has 4 rings (SSSR count). The highest BCUT2D eigenvalue weighted by molar-refractivity contribution is 5.94. The number of carbonyl (C=O) groups excluding carboxylic acids is 2. The summed E-state index contributed by atoms with van der Waals surface area (Å²) < 4.78 is 0. The standard InChI is InChI=1S/C26H36N6O2/c1-19(33)32-12-9-23(10-13-32)29-25-14-20(8-11-27-25)26(34)28-15-24(30(2)3)18-31-16-21-6-4-5-7-22(21)17-31/h4-8,11,14,23-24H,9-10,12-13,15-18H2,1-3H3,(H,27,29)(H,28,34)/t24-/m0/s1. The second-order valence-corrected chi connectivity index (χ2v) is 9.62. The van der Waals surface area contributed by atoms with E-state index in [2.05, 4.69) is 63.8 Å². The van der Waals surface area contributed by atoms with E-state index in [9.17, 15) is 9.59 Å². The van der Waals surface area contributed by atoms with Gasteiger partial charge in [-0.25, -0.2) is 4.98 Å². The van der Waals surface area contributed by atoms with Crippen molar-refractivity contribution in [3.8, 4) is 0 Å². The Labute approximate surface area is 202 Å². The molecule has 2 aromatic rings. The number of amides is 2. The van der Waals surface area contributed by atoms with Gasteiger partial charge in [-0.05, 0) is 50.2 Å². The maximum Gasteiger partial charge on any atom is 0.251 e. The van der Waals surface area contributed by atoms with Gasteiger partial charge in [-0.1, -0.05) is 24.3 Å². The third kappa shape index (κ3) is 6.12. The highest BCUT2D eigenvalue weighted by Crippen LogP contribution is 2.22. The lowest BCUT2D eigenvalue weighted by Gasteiger charge is -2.32. The van der Waals surface area contributed by atoms with Crippen molar-refractivity contribution >= 4 is 17.6 Å². The molecule has 3 heterocycles. The molecule has 8 heteroatoms. The number of nitrogens with zero attached hydrogens (tertiary/aromatic N) is 4. The van der Waals surface area contributed by atoms with E-state index < -0.39 is 0 Å². The number of pyridine rings is 1. The Bertz CT molecular complexity index is 977. The molecule has 8 nitrogen and oxygen atoms in total. The Morgan fingerprint density at radius 2 is 1.79 bits per heavy atom. The summed E-state index contributed by atoms with van der Waals surface area (Å²) in [6, 6.07) is 12.6. The topological polar surface area (TPSA) is 80.8 Å². The van der Waals surface area contributed by atoms with Crippen molar-refractivity contribution < 1.29 is 9.59 Å². The van der Waals surface area contributed by atoms with Gasteiger partial charge in [-0.2, -0.15) is 0 Å². The SMILES string of the molecule is CC(=O)N1CCC(Nc2cc(C(=O)NC[C@@H](CN3Cc4ccccc4C3)N(C)C)ccn2)CC1. The molecule has 2 aliphatic rings. The molecule has 0 spiro atoms. The molecule has 182 valence electrons. The highest BCUT2D eigenvalue weighted by Gasteiger charge is 2.24. The van der Waals surface area contributed by atoms with Crippen molar-refractivity contribution in [2.45, 2.75) is 44.9 Å². The van der Waals surface area contributed by atoms with Crippen molar-refractivity contribution in [2.75, 3.05) is 45.6 Å². The van der Waals surface area contributed by atoms with Crippen LogP contribution in [0.5, 0.6) is 0 Å². The van der Waals surface area contributed by atoms with Crippen LogP contribution in [0.2, 0.25) is 0 Å². The zero-order valence-electron chi connectivity index (χ0n) is 20.5. The molecule has 1 aromatic carbocycles. The lowest BCUT2D eigenvalue weighted by Crippen LogP contribution is -2.46. The second kappa shape index (κ2) is 11.0. The maximum atomic E-state index is 12.9.